The molecule has 0 fully saturated rings. The van der Waals surface area contributed by atoms with Crippen molar-refractivity contribution in [3.63, 3.8) is 0 Å². The Balaban J connectivity index is 1.07. The molecule has 0 aliphatic rings. The molecule has 1 heterocycles. The van der Waals surface area contributed by atoms with Crippen LogP contribution in [0.25, 0.3) is 87.3 Å². The maximum atomic E-state index is 6.24. The van der Waals surface area contributed by atoms with Gasteiger partial charge in [-0.1, -0.05) is 140 Å². The van der Waals surface area contributed by atoms with Gasteiger partial charge in [-0.25, -0.2) is 0 Å². The summed E-state index contributed by atoms with van der Waals surface area (Å²) in [7, 11) is 0. The highest BCUT2D eigenvalue weighted by Gasteiger charge is 2.17. The Kier molecular flexibility index (Phi) is 6.90. The maximum absolute atomic E-state index is 6.24. The second-order valence-electron chi connectivity index (χ2n) is 14.1. The molecule has 0 saturated heterocycles. The van der Waals surface area contributed by atoms with Crippen molar-refractivity contribution in [2.24, 2.45) is 0 Å². The molecule has 0 radical (unpaired) electrons. The van der Waals surface area contributed by atoms with Crippen molar-refractivity contribution in [2.75, 3.05) is 4.90 Å². The number of furan rings is 1. The van der Waals surface area contributed by atoms with Crippen molar-refractivity contribution in [1.29, 1.82) is 0 Å². The number of hydrogen-bond donors (Lipinski definition) is 0. The summed E-state index contributed by atoms with van der Waals surface area (Å²) in [6.07, 6.45) is 0. The summed E-state index contributed by atoms with van der Waals surface area (Å²) >= 11 is 0. The van der Waals surface area contributed by atoms with Gasteiger partial charge in [-0.05, 0) is 126 Å². The lowest BCUT2D eigenvalue weighted by molar-refractivity contribution is 0.669. The van der Waals surface area contributed by atoms with E-state index in [0.29, 0.717) is 0 Å². The van der Waals surface area contributed by atoms with Crippen LogP contribution in [0.1, 0.15) is 0 Å². The van der Waals surface area contributed by atoms with E-state index in [2.05, 4.69) is 193 Å². The van der Waals surface area contributed by atoms with E-state index in [1.54, 1.807) is 0 Å². The minimum Gasteiger partial charge on any atom is -0.456 e. The SMILES string of the molecule is c1ccc(-c2cccc(N(c3ccc(-c4cc5ccc6ccccc6c5c5ccccc45)cc3)c3ccc4cc5oc6ccccc6c5cc4c3)c2)cc1. The largest absolute Gasteiger partial charge is 0.456 e. The van der Waals surface area contributed by atoms with Gasteiger partial charge < -0.3 is 9.32 Å². The standard InChI is InChI=1S/C52H33NO/c1-2-11-34(12-3-1)37-14-10-15-42(29-37)53(43-28-25-38-33-51-49(32-40(38)30-43)46-18-8-9-20-50(46)54-51)41-26-23-36(24-27-41)48-31-39-22-21-35-13-4-5-16-44(35)52(39)47-19-7-6-17-45(47)48/h1-33H. The lowest BCUT2D eigenvalue weighted by Crippen LogP contribution is -2.10. The smallest absolute Gasteiger partial charge is 0.136 e. The van der Waals surface area contributed by atoms with Gasteiger partial charge in [0.15, 0.2) is 0 Å². The monoisotopic (exact) mass is 687 g/mol. The van der Waals surface area contributed by atoms with Gasteiger partial charge in [-0.15, -0.1) is 0 Å². The van der Waals surface area contributed by atoms with Gasteiger partial charge in [0, 0.05) is 27.8 Å². The summed E-state index contributed by atoms with van der Waals surface area (Å²) < 4.78 is 6.24. The van der Waals surface area contributed by atoms with Crippen molar-refractivity contribution in [3.8, 4) is 22.3 Å². The Bertz CT molecular complexity index is 3210. The number of nitrogens with zero attached hydrogens (tertiary/aromatic N) is 1. The van der Waals surface area contributed by atoms with Crippen LogP contribution in [0.15, 0.2) is 205 Å². The fourth-order valence-corrected chi connectivity index (χ4v) is 8.40. The molecular weight excluding hydrogens is 655 g/mol. The van der Waals surface area contributed by atoms with Gasteiger partial charge in [0.1, 0.15) is 11.2 Å². The van der Waals surface area contributed by atoms with Crippen molar-refractivity contribution < 1.29 is 4.42 Å². The molecule has 54 heavy (non-hydrogen) atoms. The predicted molar refractivity (Wildman–Crippen MR) is 229 cm³/mol. The minimum atomic E-state index is 0.911. The summed E-state index contributed by atoms with van der Waals surface area (Å²) in [4.78, 5) is 2.37. The van der Waals surface area contributed by atoms with Crippen LogP contribution >= 0.6 is 0 Å². The molecule has 0 amide bonds. The van der Waals surface area contributed by atoms with E-state index in [1.165, 1.54) is 60.0 Å². The first-order valence-electron chi connectivity index (χ1n) is 18.5. The van der Waals surface area contributed by atoms with E-state index >= 15 is 0 Å². The zero-order valence-electron chi connectivity index (χ0n) is 29.4. The summed E-state index contributed by atoms with van der Waals surface area (Å²) in [6, 6.07) is 72.4. The Morgan fingerprint density at radius 1 is 0.296 bits per heavy atom. The highest BCUT2D eigenvalue weighted by Crippen LogP contribution is 2.42. The Morgan fingerprint density at radius 3 is 1.83 bits per heavy atom. The zero-order valence-corrected chi connectivity index (χ0v) is 29.4. The number of fused-ring (bicyclic) bond motifs is 9. The van der Waals surface area contributed by atoms with Crippen molar-refractivity contribution in [2.45, 2.75) is 0 Å². The van der Waals surface area contributed by atoms with Crippen LogP contribution in [0.2, 0.25) is 0 Å². The second-order valence-corrected chi connectivity index (χ2v) is 14.1. The Hall–Kier alpha value is -7.16. The summed E-state index contributed by atoms with van der Waals surface area (Å²) in [6.45, 7) is 0. The molecule has 11 rings (SSSR count). The van der Waals surface area contributed by atoms with Crippen LogP contribution in [0, 0.1) is 0 Å². The summed E-state index contributed by atoms with van der Waals surface area (Å²) in [5.74, 6) is 0. The van der Waals surface area contributed by atoms with Crippen LogP contribution in [0.3, 0.4) is 0 Å². The molecule has 2 nitrogen and oxygen atoms in total. The Labute approximate surface area is 312 Å². The van der Waals surface area contributed by atoms with Gasteiger partial charge >= 0.3 is 0 Å². The molecule has 1 aromatic heterocycles. The average molecular weight is 688 g/mol. The molecule has 0 unspecified atom stereocenters. The van der Waals surface area contributed by atoms with E-state index in [1.807, 2.05) is 12.1 Å². The van der Waals surface area contributed by atoms with Gasteiger partial charge in [0.2, 0.25) is 0 Å². The first kappa shape index (κ1) is 30.5. The Morgan fingerprint density at radius 2 is 0.963 bits per heavy atom. The summed E-state index contributed by atoms with van der Waals surface area (Å²) in [5.41, 5.74) is 9.90. The molecule has 0 aliphatic heterocycles. The molecule has 0 N–H and O–H groups in total. The fourth-order valence-electron chi connectivity index (χ4n) is 8.40. The average Bonchev–Trinajstić information content (AvgIpc) is 3.60. The lowest BCUT2D eigenvalue weighted by atomic mass is 9.90. The van der Waals surface area contributed by atoms with Crippen LogP contribution in [0.4, 0.5) is 17.1 Å². The van der Waals surface area contributed by atoms with E-state index < -0.39 is 0 Å². The topological polar surface area (TPSA) is 16.4 Å². The van der Waals surface area contributed by atoms with E-state index in [4.69, 9.17) is 4.42 Å². The number of benzene rings is 10. The lowest BCUT2D eigenvalue weighted by Gasteiger charge is -2.26. The number of rotatable bonds is 5. The van der Waals surface area contributed by atoms with Crippen LogP contribution in [-0.2, 0) is 0 Å². The molecule has 252 valence electrons. The summed E-state index contributed by atoms with van der Waals surface area (Å²) in [5, 5.41) is 12.2. The highest BCUT2D eigenvalue weighted by atomic mass is 16.3. The molecular formula is C52H33NO. The zero-order chi connectivity index (χ0) is 35.6. The third kappa shape index (κ3) is 4.96. The molecule has 0 saturated carbocycles. The molecule has 10 aromatic carbocycles. The van der Waals surface area contributed by atoms with Crippen LogP contribution < -0.4 is 4.90 Å². The van der Waals surface area contributed by atoms with Crippen molar-refractivity contribution >= 4 is 82.1 Å². The number of hydrogen-bond acceptors (Lipinski definition) is 2. The van der Waals surface area contributed by atoms with Gasteiger partial charge in [-0.2, -0.15) is 0 Å². The van der Waals surface area contributed by atoms with Gasteiger partial charge in [-0.3, -0.25) is 0 Å². The van der Waals surface area contributed by atoms with E-state index in [9.17, 15) is 0 Å². The van der Waals surface area contributed by atoms with E-state index in [0.717, 1.165) is 44.4 Å². The molecule has 0 aliphatic carbocycles. The number of para-hydroxylation sites is 1. The minimum absolute atomic E-state index is 0.911. The quantitative estimate of drug-likeness (QED) is 0.168. The second kappa shape index (κ2) is 12.2. The molecule has 11 aromatic rings. The molecule has 2 heteroatoms. The van der Waals surface area contributed by atoms with Gasteiger partial charge in [0.05, 0.1) is 0 Å². The first-order valence-corrected chi connectivity index (χ1v) is 18.5. The van der Waals surface area contributed by atoms with Crippen molar-refractivity contribution in [1.82, 2.24) is 0 Å². The van der Waals surface area contributed by atoms with Crippen molar-refractivity contribution in [3.05, 3.63) is 200 Å². The fraction of sp³-hybridized carbons (Fsp3) is 0. The highest BCUT2D eigenvalue weighted by molar-refractivity contribution is 6.23. The van der Waals surface area contributed by atoms with Gasteiger partial charge in [0.25, 0.3) is 0 Å². The van der Waals surface area contributed by atoms with E-state index in [-0.39, 0.29) is 0 Å². The molecule has 0 atom stereocenters. The molecule has 0 bridgehead atoms. The van der Waals surface area contributed by atoms with Crippen LogP contribution in [-0.4, -0.2) is 0 Å². The third-order valence-corrected chi connectivity index (χ3v) is 11.0. The third-order valence-electron chi connectivity index (χ3n) is 11.0. The maximum Gasteiger partial charge on any atom is 0.136 e. The predicted octanol–water partition coefficient (Wildman–Crippen LogP) is 15.0. The number of anilines is 3. The first-order chi connectivity index (χ1) is 26.7. The molecule has 0 spiro atoms. The van der Waals surface area contributed by atoms with Crippen LogP contribution in [0.5, 0.6) is 0 Å². The normalized spacial score (nSPS) is 11.7.